The minimum absolute atomic E-state index is 0.831. The lowest BCUT2D eigenvalue weighted by Crippen LogP contribution is -1.92. The van der Waals surface area contributed by atoms with E-state index in [1.807, 2.05) is 30.3 Å². The highest BCUT2D eigenvalue weighted by molar-refractivity contribution is 14.1. The first-order valence-electron chi connectivity index (χ1n) is 4.39. The van der Waals surface area contributed by atoms with Crippen LogP contribution in [-0.2, 0) is 0 Å². The van der Waals surface area contributed by atoms with Gasteiger partial charge in [0.2, 0.25) is 0 Å². The van der Waals surface area contributed by atoms with Crippen LogP contribution in [-0.4, -0.2) is 4.98 Å². The summed E-state index contributed by atoms with van der Waals surface area (Å²) in [6.07, 6.45) is 0. The maximum atomic E-state index is 4.29. The molecule has 4 heteroatoms. The van der Waals surface area contributed by atoms with E-state index >= 15 is 0 Å². The highest BCUT2D eigenvalue weighted by Gasteiger charge is 1.96. The third-order valence-electron chi connectivity index (χ3n) is 1.83. The second-order valence-electron chi connectivity index (χ2n) is 2.98. The molecule has 0 fully saturated rings. The Morgan fingerprint density at radius 3 is 2.47 bits per heavy atom. The topological polar surface area (TPSA) is 24.9 Å². The van der Waals surface area contributed by atoms with Crippen LogP contribution in [0.3, 0.4) is 0 Å². The zero-order valence-electron chi connectivity index (χ0n) is 7.74. The van der Waals surface area contributed by atoms with Gasteiger partial charge in [0, 0.05) is 9.26 Å². The van der Waals surface area contributed by atoms with E-state index in [4.69, 9.17) is 0 Å². The van der Waals surface area contributed by atoms with E-state index in [1.54, 1.807) is 0 Å². The molecular formula is C11H8BrIN2. The predicted molar refractivity (Wildman–Crippen MR) is 74.4 cm³/mol. The van der Waals surface area contributed by atoms with Gasteiger partial charge in [-0.3, -0.25) is 0 Å². The number of nitrogens with one attached hydrogen (secondary N) is 1. The lowest BCUT2D eigenvalue weighted by molar-refractivity contribution is 1.26. The molecule has 0 unspecified atom stereocenters. The molecule has 1 aromatic carbocycles. The molecule has 0 saturated carbocycles. The Balaban J connectivity index is 2.18. The van der Waals surface area contributed by atoms with Crippen LogP contribution >= 0.6 is 38.5 Å². The van der Waals surface area contributed by atoms with Gasteiger partial charge in [0.05, 0.1) is 0 Å². The van der Waals surface area contributed by atoms with Gasteiger partial charge in [0.15, 0.2) is 0 Å². The molecule has 2 rings (SSSR count). The molecule has 0 aliphatic carbocycles. The first-order chi connectivity index (χ1) is 7.24. The van der Waals surface area contributed by atoms with E-state index in [1.165, 1.54) is 3.57 Å². The van der Waals surface area contributed by atoms with Gasteiger partial charge in [0.1, 0.15) is 10.4 Å². The summed E-state index contributed by atoms with van der Waals surface area (Å²) in [5.41, 5.74) is 1.04. The fraction of sp³-hybridized carbons (Fsp3) is 0. The summed E-state index contributed by atoms with van der Waals surface area (Å²) in [6, 6.07) is 14.0. The van der Waals surface area contributed by atoms with E-state index in [2.05, 4.69) is 61.0 Å². The van der Waals surface area contributed by atoms with Crippen LogP contribution in [0.1, 0.15) is 0 Å². The molecule has 0 saturated heterocycles. The monoisotopic (exact) mass is 374 g/mol. The first kappa shape index (κ1) is 10.9. The van der Waals surface area contributed by atoms with Crippen molar-refractivity contribution in [3.05, 3.63) is 50.6 Å². The smallest absolute Gasteiger partial charge is 0.131 e. The molecule has 0 aliphatic heterocycles. The molecule has 1 aromatic heterocycles. The van der Waals surface area contributed by atoms with Gasteiger partial charge < -0.3 is 5.32 Å². The van der Waals surface area contributed by atoms with Gasteiger partial charge in [-0.25, -0.2) is 4.98 Å². The molecule has 0 aliphatic rings. The van der Waals surface area contributed by atoms with Crippen LogP contribution in [0.25, 0.3) is 0 Å². The number of anilines is 2. The molecule has 0 amide bonds. The van der Waals surface area contributed by atoms with Gasteiger partial charge >= 0.3 is 0 Å². The van der Waals surface area contributed by atoms with Crippen LogP contribution in [0.5, 0.6) is 0 Å². The third kappa shape index (κ3) is 3.17. The van der Waals surface area contributed by atoms with Gasteiger partial charge in [-0.2, -0.15) is 0 Å². The number of hydrogen-bond donors (Lipinski definition) is 1. The SMILES string of the molecule is Brc1cccc(Nc2ccc(I)cc2)n1. The highest BCUT2D eigenvalue weighted by atomic mass is 127. The summed E-state index contributed by atoms with van der Waals surface area (Å²) in [6.45, 7) is 0. The summed E-state index contributed by atoms with van der Waals surface area (Å²) in [5.74, 6) is 0.839. The second-order valence-corrected chi connectivity index (χ2v) is 5.04. The van der Waals surface area contributed by atoms with Crippen molar-refractivity contribution < 1.29 is 0 Å². The Bertz CT molecular complexity index is 456. The molecule has 2 nitrogen and oxygen atoms in total. The number of nitrogens with zero attached hydrogens (tertiary/aromatic N) is 1. The van der Waals surface area contributed by atoms with E-state index in [9.17, 15) is 0 Å². The Labute approximate surface area is 110 Å². The molecule has 0 bridgehead atoms. The maximum Gasteiger partial charge on any atom is 0.131 e. The fourth-order valence-electron chi connectivity index (χ4n) is 1.16. The van der Waals surface area contributed by atoms with Crippen LogP contribution in [0.15, 0.2) is 47.1 Å². The van der Waals surface area contributed by atoms with Crippen molar-refractivity contribution in [1.82, 2.24) is 4.98 Å². The van der Waals surface area contributed by atoms with Crippen molar-refractivity contribution in [1.29, 1.82) is 0 Å². The Morgan fingerprint density at radius 1 is 1.07 bits per heavy atom. The van der Waals surface area contributed by atoms with Crippen molar-refractivity contribution in [3.63, 3.8) is 0 Å². The quantitative estimate of drug-likeness (QED) is 0.629. The number of pyridine rings is 1. The molecular weight excluding hydrogens is 367 g/mol. The van der Waals surface area contributed by atoms with Crippen LogP contribution in [0.4, 0.5) is 11.5 Å². The average molecular weight is 375 g/mol. The molecule has 1 heterocycles. The fourth-order valence-corrected chi connectivity index (χ4v) is 1.86. The van der Waals surface area contributed by atoms with Crippen molar-refractivity contribution in [2.45, 2.75) is 0 Å². The number of aromatic nitrogens is 1. The van der Waals surface area contributed by atoms with Crippen LogP contribution < -0.4 is 5.32 Å². The number of halogens is 2. The molecule has 0 radical (unpaired) electrons. The van der Waals surface area contributed by atoms with Crippen molar-refractivity contribution in [2.24, 2.45) is 0 Å². The molecule has 76 valence electrons. The van der Waals surface area contributed by atoms with Crippen molar-refractivity contribution in [3.8, 4) is 0 Å². The zero-order chi connectivity index (χ0) is 10.7. The van der Waals surface area contributed by atoms with Gasteiger partial charge in [-0.05, 0) is 74.9 Å². The van der Waals surface area contributed by atoms with Crippen LogP contribution in [0, 0.1) is 3.57 Å². The maximum absolute atomic E-state index is 4.29. The third-order valence-corrected chi connectivity index (χ3v) is 2.99. The molecule has 0 atom stereocenters. The molecule has 1 N–H and O–H groups in total. The Hall–Kier alpha value is -0.620. The normalized spacial score (nSPS) is 10.0. The molecule has 2 aromatic rings. The summed E-state index contributed by atoms with van der Waals surface area (Å²) in [5, 5.41) is 3.23. The summed E-state index contributed by atoms with van der Waals surface area (Å²) >= 11 is 5.62. The Morgan fingerprint density at radius 2 is 1.80 bits per heavy atom. The van der Waals surface area contributed by atoms with E-state index in [-0.39, 0.29) is 0 Å². The largest absolute Gasteiger partial charge is 0.340 e. The number of hydrogen-bond acceptors (Lipinski definition) is 2. The first-order valence-corrected chi connectivity index (χ1v) is 6.26. The van der Waals surface area contributed by atoms with E-state index in [0.717, 1.165) is 16.1 Å². The van der Waals surface area contributed by atoms with Gasteiger partial charge in [0.25, 0.3) is 0 Å². The number of benzene rings is 1. The average Bonchev–Trinajstić information content (AvgIpc) is 2.22. The summed E-state index contributed by atoms with van der Waals surface area (Å²) < 4.78 is 2.05. The van der Waals surface area contributed by atoms with Crippen molar-refractivity contribution >= 4 is 50.0 Å². The Kier molecular flexibility index (Phi) is 3.58. The minimum atomic E-state index is 0.831. The predicted octanol–water partition coefficient (Wildman–Crippen LogP) is 4.19. The lowest BCUT2D eigenvalue weighted by atomic mass is 10.3. The van der Waals surface area contributed by atoms with E-state index < -0.39 is 0 Å². The van der Waals surface area contributed by atoms with Gasteiger partial charge in [-0.1, -0.05) is 6.07 Å². The van der Waals surface area contributed by atoms with Crippen molar-refractivity contribution in [2.75, 3.05) is 5.32 Å². The molecule has 0 spiro atoms. The number of rotatable bonds is 2. The van der Waals surface area contributed by atoms with E-state index in [0.29, 0.717) is 0 Å². The second kappa shape index (κ2) is 4.94. The lowest BCUT2D eigenvalue weighted by Gasteiger charge is -2.05. The van der Waals surface area contributed by atoms with Gasteiger partial charge in [-0.15, -0.1) is 0 Å². The van der Waals surface area contributed by atoms with Crippen LogP contribution in [0.2, 0.25) is 0 Å². The zero-order valence-corrected chi connectivity index (χ0v) is 11.5. The highest BCUT2D eigenvalue weighted by Crippen LogP contribution is 2.17. The summed E-state index contributed by atoms with van der Waals surface area (Å²) in [4.78, 5) is 4.29. The standard InChI is InChI=1S/C11H8BrIN2/c12-10-2-1-3-11(15-10)14-9-6-4-8(13)5-7-9/h1-7H,(H,14,15). The summed E-state index contributed by atoms with van der Waals surface area (Å²) in [7, 11) is 0. The molecule has 15 heavy (non-hydrogen) atoms. The minimum Gasteiger partial charge on any atom is -0.340 e.